The van der Waals surface area contributed by atoms with Crippen molar-refractivity contribution >= 4 is 11.8 Å². The van der Waals surface area contributed by atoms with E-state index < -0.39 is 0 Å². The highest BCUT2D eigenvalue weighted by atomic mass is 16.2. The third kappa shape index (κ3) is 2.51. The number of fused-ring (bicyclic) bond motifs is 1. The first kappa shape index (κ1) is 13.8. The quantitative estimate of drug-likeness (QED) is 0.847. The van der Waals surface area contributed by atoms with Crippen LogP contribution in [0.25, 0.3) is 0 Å². The number of rotatable bonds is 3. The largest absolute Gasteiger partial charge is 0.337 e. The van der Waals surface area contributed by atoms with E-state index in [4.69, 9.17) is 0 Å². The van der Waals surface area contributed by atoms with Crippen LogP contribution in [0.2, 0.25) is 0 Å². The highest BCUT2D eigenvalue weighted by Crippen LogP contribution is 2.30. The number of likely N-dealkylation sites (tertiary alicyclic amines) is 1. The minimum atomic E-state index is -0.0249. The van der Waals surface area contributed by atoms with Crippen molar-refractivity contribution in [2.24, 2.45) is 5.92 Å². The first-order valence-corrected chi connectivity index (χ1v) is 8.38. The van der Waals surface area contributed by atoms with Crippen molar-refractivity contribution in [3.8, 4) is 0 Å². The van der Waals surface area contributed by atoms with Gasteiger partial charge in [0.25, 0.3) is 11.8 Å². The van der Waals surface area contributed by atoms with Gasteiger partial charge in [-0.15, -0.1) is 0 Å². The fourth-order valence-corrected chi connectivity index (χ4v) is 3.38. The van der Waals surface area contributed by atoms with Gasteiger partial charge >= 0.3 is 0 Å². The number of hydrogen-bond acceptors (Lipinski definition) is 3. The second-order valence-corrected chi connectivity index (χ2v) is 6.69. The van der Waals surface area contributed by atoms with E-state index in [2.05, 4.69) is 4.98 Å². The summed E-state index contributed by atoms with van der Waals surface area (Å²) in [6, 6.07) is 0. The molecule has 22 heavy (non-hydrogen) atoms. The molecule has 2 amide bonds. The Morgan fingerprint density at radius 1 is 1.14 bits per heavy atom. The number of nitrogens with zero attached hydrogens (tertiary/aromatic N) is 4. The minimum absolute atomic E-state index is 0.0177. The van der Waals surface area contributed by atoms with Crippen LogP contribution in [0, 0.1) is 5.92 Å². The number of piperidine rings is 1. The zero-order chi connectivity index (χ0) is 15.1. The van der Waals surface area contributed by atoms with Crippen molar-refractivity contribution in [1.82, 2.24) is 19.4 Å². The molecule has 118 valence electrons. The summed E-state index contributed by atoms with van der Waals surface area (Å²) in [4.78, 5) is 33.2. The number of hydrogen-bond donors (Lipinski definition) is 0. The van der Waals surface area contributed by atoms with Crippen LogP contribution in [-0.4, -0.2) is 57.3 Å². The molecular weight excluding hydrogens is 280 g/mol. The Hall–Kier alpha value is -1.85. The molecule has 6 heteroatoms. The zero-order valence-electron chi connectivity index (χ0n) is 12.8. The molecule has 6 nitrogen and oxygen atoms in total. The van der Waals surface area contributed by atoms with E-state index in [1.165, 1.54) is 19.3 Å². The summed E-state index contributed by atoms with van der Waals surface area (Å²) < 4.78 is 1.85. The van der Waals surface area contributed by atoms with Gasteiger partial charge in [0.05, 0.1) is 0 Å². The summed E-state index contributed by atoms with van der Waals surface area (Å²) in [6.07, 6.45) is 7.55. The van der Waals surface area contributed by atoms with E-state index in [0.29, 0.717) is 17.4 Å². The molecule has 3 heterocycles. The van der Waals surface area contributed by atoms with Crippen LogP contribution < -0.4 is 0 Å². The molecule has 4 rings (SSSR count). The fourth-order valence-electron chi connectivity index (χ4n) is 3.38. The number of carbonyl (C=O) groups is 2. The van der Waals surface area contributed by atoms with Gasteiger partial charge < -0.3 is 14.4 Å². The first-order valence-electron chi connectivity index (χ1n) is 8.38. The van der Waals surface area contributed by atoms with E-state index >= 15 is 0 Å². The maximum absolute atomic E-state index is 12.5. The molecule has 2 fully saturated rings. The molecule has 0 radical (unpaired) electrons. The SMILES string of the molecule is O=C(c1cn2c(n1)C(=O)N(CC1CC1)CC2)N1CCCCC1. The van der Waals surface area contributed by atoms with Gasteiger partial charge in [0, 0.05) is 38.9 Å². The molecule has 1 aromatic rings. The van der Waals surface area contributed by atoms with Crippen LogP contribution in [0.5, 0.6) is 0 Å². The average Bonchev–Trinajstić information content (AvgIpc) is 3.26. The molecule has 0 spiro atoms. The van der Waals surface area contributed by atoms with Gasteiger partial charge in [-0.2, -0.15) is 0 Å². The Morgan fingerprint density at radius 2 is 1.91 bits per heavy atom. The molecule has 1 aliphatic carbocycles. The van der Waals surface area contributed by atoms with Gasteiger partial charge in [-0.3, -0.25) is 9.59 Å². The topological polar surface area (TPSA) is 58.4 Å². The van der Waals surface area contributed by atoms with Crippen molar-refractivity contribution in [1.29, 1.82) is 0 Å². The standard InChI is InChI=1S/C16H22N4O2/c21-15(18-6-2-1-3-7-18)13-11-19-8-9-20(10-12-4-5-12)16(22)14(19)17-13/h11-12H,1-10H2. The van der Waals surface area contributed by atoms with E-state index in [9.17, 15) is 9.59 Å². The van der Waals surface area contributed by atoms with Crippen LogP contribution in [-0.2, 0) is 6.54 Å². The third-order valence-electron chi connectivity index (χ3n) is 4.90. The predicted molar refractivity (Wildman–Crippen MR) is 80.6 cm³/mol. The van der Waals surface area contributed by atoms with E-state index in [1.807, 2.05) is 14.4 Å². The van der Waals surface area contributed by atoms with E-state index in [1.54, 1.807) is 6.20 Å². The van der Waals surface area contributed by atoms with Crippen molar-refractivity contribution in [2.75, 3.05) is 26.2 Å². The van der Waals surface area contributed by atoms with Crippen LogP contribution in [0.4, 0.5) is 0 Å². The Balaban J connectivity index is 1.52. The van der Waals surface area contributed by atoms with Gasteiger partial charge in [0.1, 0.15) is 5.69 Å². The number of carbonyl (C=O) groups excluding carboxylic acids is 2. The van der Waals surface area contributed by atoms with E-state index in [-0.39, 0.29) is 11.8 Å². The van der Waals surface area contributed by atoms with Gasteiger partial charge in [0.2, 0.25) is 0 Å². The third-order valence-corrected chi connectivity index (χ3v) is 4.90. The molecule has 1 saturated heterocycles. The molecule has 2 aliphatic heterocycles. The average molecular weight is 302 g/mol. The van der Waals surface area contributed by atoms with Crippen LogP contribution in [0.3, 0.4) is 0 Å². The van der Waals surface area contributed by atoms with Crippen molar-refractivity contribution < 1.29 is 9.59 Å². The summed E-state index contributed by atoms with van der Waals surface area (Å²) in [7, 11) is 0. The van der Waals surface area contributed by atoms with Gasteiger partial charge in [-0.25, -0.2) is 4.98 Å². The molecule has 0 unspecified atom stereocenters. The Bertz CT molecular complexity index is 599. The Morgan fingerprint density at radius 3 is 2.64 bits per heavy atom. The number of imidazole rings is 1. The summed E-state index contributed by atoms with van der Waals surface area (Å²) in [5.74, 6) is 1.08. The zero-order valence-corrected chi connectivity index (χ0v) is 12.8. The molecule has 3 aliphatic rings. The summed E-state index contributed by atoms with van der Waals surface area (Å²) >= 11 is 0. The molecule has 0 N–H and O–H groups in total. The van der Waals surface area contributed by atoms with Gasteiger partial charge in [-0.1, -0.05) is 0 Å². The molecular formula is C16H22N4O2. The second kappa shape index (κ2) is 5.41. The monoisotopic (exact) mass is 302 g/mol. The maximum Gasteiger partial charge on any atom is 0.289 e. The Kier molecular flexibility index (Phi) is 3.39. The minimum Gasteiger partial charge on any atom is -0.337 e. The molecule has 0 bridgehead atoms. The summed E-state index contributed by atoms with van der Waals surface area (Å²) in [6.45, 7) is 3.94. The Labute approximate surface area is 130 Å². The van der Waals surface area contributed by atoms with Crippen molar-refractivity contribution in [2.45, 2.75) is 38.6 Å². The lowest BCUT2D eigenvalue weighted by atomic mass is 10.1. The van der Waals surface area contributed by atoms with Crippen LogP contribution >= 0.6 is 0 Å². The molecule has 1 aromatic heterocycles. The molecule has 0 aromatic carbocycles. The highest BCUT2D eigenvalue weighted by molar-refractivity contribution is 5.96. The highest BCUT2D eigenvalue weighted by Gasteiger charge is 2.33. The lowest BCUT2D eigenvalue weighted by Crippen LogP contribution is -2.41. The van der Waals surface area contributed by atoms with Crippen LogP contribution in [0.1, 0.15) is 53.2 Å². The second-order valence-electron chi connectivity index (χ2n) is 6.69. The smallest absolute Gasteiger partial charge is 0.289 e. The predicted octanol–water partition coefficient (Wildman–Crippen LogP) is 1.37. The molecule has 0 atom stereocenters. The van der Waals surface area contributed by atoms with Crippen molar-refractivity contribution in [3.63, 3.8) is 0 Å². The first-order chi connectivity index (χ1) is 10.7. The summed E-state index contributed by atoms with van der Waals surface area (Å²) in [5, 5.41) is 0. The van der Waals surface area contributed by atoms with E-state index in [0.717, 1.165) is 45.6 Å². The maximum atomic E-state index is 12.5. The fraction of sp³-hybridized carbons (Fsp3) is 0.688. The lowest BCUT2D eigenvalue weighted by molar-refractivity contribution is 0.0688. The van der Waals surface area contributed by atoms with Gasteiger partial charge in [0.15, 0.2) is 5.82 Å². The normalized spacial score (nSPS) is 21.9. The van der Waals surface area contributed by atoms with Gasteiger partial charge in [-0.05, 0) is 38.0 Å². The number of amides is 2. The van der Waals surface area contributed by atoms with Crippen molar-refractivity contribution in [3.05, 3.63) is 17.7 Å². The summed E-state index contributed by atoms with van der Waals surface area (Å²) in [5.41, 5.74) is 0.429. The number of aromatic nitrogens is 2. The van der Waals surface area contributed by atoms with Crippen LogP contribution in [0.15, 0.2) is 6.20 Å². The lowest BCUT2D eigenvalue weighted by Gasteiger charge is -2.27. The molecule has 1 saturated carbocycles.